The predicted molar refractivity (Wildman–Crippen MR) is 115 cm³/mol. The molecule has 1 N–H and O–H groups in total. The summed E-state index contributed by atoms with van der Waals surface area (Å²) >= 11 is 1.37. The molecule has 7 heteroatoms. The molecule has 0 unspecified atom stereocenters. The normalized spacial score (nSPS) is 12.1. The number of fused-ring (bicyclic) bond motifs is 1. The third kappa shape index (κ3) is 4.14. The molecule has 146 valence electrons. The number of carbonyl (C=O) groups excluding carboxylic acids is 1. The lowest BCUT2D eigenvalue weighted by molar-refractivity contribution is -0.119. The van der Waals surface area contributed by atoms with Crippen molar-refractivity contribution in [3.05, 3.63) is 72.6 Å². The smallest absolute Gasteiger partial charge is 0.230 e. The largest absolute Gasteiger partial charge is 0.349 e. The van der Waals surface area contributed by atoms with Crippen LogP contribution in [0.4, 0.5) is 0 Å². The zero-order chi connectivity index (χ0) is 20.2. The van der Waals surface area contributed by atoms with Crippen molar-refractivity contribution in [3.8, 4) is 11.4 Å². The summed E-state index contributed by atoms with van der Waals surface area (Å²) in [6.45, 7) is 2.01. The van der Waals surface area contributed by atoms with Crippen molar-refractivity contribution in [2.45, 2.75) is 18.1 Å². The van der Waals surface area contributed by atoms with Crippen LogP contribution in [0.15, 0.2) is 72.1 Å². The summed E-state index contributed by atoms with van der Waals surface area (Å²) < 4.78 is 1.89. The number of rotatable bonds is 6. The van der Waals surface area contributed by atoms with Crippen LogP contribution in [0.3, 0.4) is 0 Å². The number of benzene rings is 2. The van der Waals surface area contributed by atoms with Gasteiger partial charge in [-0.05, 0) is 35.4 Å². The van der Waals surface area contributed by atoms with E-state index in [2.05, 4.69) is 44.8 Å². The highest BCUT2D eigenvalue weighted by atomic mass is 32.2. The molecule has 6 nitrogen and oxygen atoms in total. The number of hydrogen-bond donors (Lipinski definition) is 1. The number of nitrogens with one attached hydrogen (secondary N) is 1. The van der Waals surface area contributed by atoms with Crippen molar-refractivity contribution in [2.75, 3.05) is 5.75 Å². The number of nitrogens with zero attached hydrogens (tertiary/aromatic N) is 4. The van der Waals surface area contributed by atoms with Crippen LogP contribution in [0.2, 0.25) is 0 Å². The molecule has 0 aliphatic carbocycles. The summed E-state index contributed by atoms with van der Waals surface area (Å²) in [6.07, 6.45) is 3.44. The first kappa shape index (κ1) is 19.1. The molecule has 2 aromatic carbocycles. The predicted octanol–water partition coefficient (Wildman–Crippen LogP) is 4.00. The monoisotopic (exact) mass is 403 g/mol. The van der Waals surface area contributed by atoms with E-state index in [0.29, 0.717) is 5.16 Å². The van der Waals surface area contributed by atoms with Crippen LogP contribution in [-0.2, 0) is 11.8 Å². The standard InChI is InChI=1S/C22H21N5OS/c1-15(18-9-5-7-16-6-3-4-8-19(16)18)24-20(28)14-29-22-26-25-21(27(22)2)17-10-12-23-13-11-17/h3-13,15H,14H2,1-2H3,(H,24,28)/t15-/m0/s1. The average molecular weight is 404 g/mol. The number of hydrogen-bond acceptors (Lipinski definition) is 5. The number of aromatic nitrogens is 4. The van der Waals surface area contributed by atoms with Crippen LogP contribution < -0.4 is 5.32 Å². The minimum Gasteiger partial charge on any atom is -0.349 e. The second-order valence-electron chi connectivity index (χ2n) is 6.75. The maximum absolute atomic E-state index is 12.5. The minimum absolute atomic E-state index is 0.0381. The SMILES string of the molecule is C[C@H](NC(=O)CSc1nnc(-c2ccncc2)n1C)c1cccc2ccccc12. The fraction of sp³-hybridized carbons (Fsp3) is 0.182. The third-order valence-corrected chi connectivity index (χ3v) is 5.79. The lowest BCUT2D eigenvalue weighted by atomic mass is 10.00. The van der Waals surface area contributed by atoms with Gasteiger partial charge in [0.2, 0.25) is 5.91 Å². The van der Waals surface area contributed by atoms with Gasteiger partial charge in [-0.25, -0.2) is 0 Å². The fourth-order valence-electron chi connectivity index (χ4n) is 3.31. The molecule has 1 amide bonds. The molecular weight excluding hydrogens is 382 g/mol. The molecule has 0 spiro atoms. The molecule has 0 bridgehead atoms. The molecule has 0 aliphatic rings. The van der Waals surface area contributed by atoms with Gasteiger partial charge in [-0.2, -0.15) is 0 Å². The molecule has 2 aromatic heterocycles. The Morgan fingerprint density at radius 2 is 1.83 bits per heavy atom. The van der Waals surface area contributed by atoms with E-state index in [4.69, 9.17) is 0 Å². The van der Waals surface area contributed by atoms with E-state index in [9.17, 15) is 4.79 Å². The number of thioether (sulfide) groups is 1. The van der Waals surface area contributed by atoms with Gasteiger partial charge in [-0.3, -0.25) is 9.78 Å². The molecule has 29 heavy (non-hydrogen) atoms. The van der Waals surface area contributed by atoms with E-state index in [1.165, 1.54) is 17.1 Å². The molecule has 0 radical (unpaired) electrons. The molecule has 0 saturated carbocycles. The van der Waals surface area contributed by atoms with Gasteiger partial charge in [0, 0.05) is 25.0 Å². The van der Waals surface area contributed by atoms with E-state index in [0.717, 1.165) is 22.3 Å². The van der Waals surface area contributed by atoms with Crippen LogP contribution >= 0.6 is 11.8 Å². The summed E-state index contributed by atoms with van der Waals surface area (Å²) in [6, 6.07) is 18.1. The molecule has 2 heterocycles. The lowest BCUT2D eigenvalue weighted by Crippen LogP contribution is -2.28. The van der Waals surface area contributed by atoms with Gasteiger partial charge in [0.05, 0.1) is 11.8 Å². The fourth-order valence-corrected chi connectivity index (χ4v) is 4.03. The minimum atomic E-state index is -0.0823. The van der Waals surface area contributed by atoms with Crippen molar-refractivity contribution >= 4 is 28.4 Å². The highest BCUT2D eigenvalue weighted by molar-refractivity contribution is 7.99. The third-order valence-electron chi connectivity index (χ3n) is 4.77. The van der Waals surface area contributed by atoms with Crippen molar-refractivity contribution in [3.63, 3.8) is 0 Å². The van der Waals surface area contributed by atoms with Crippen LogP contribution in [0.5, 0.6) is 0 Å². The zero-order valence-electron chi connectivity index (χ0n) is 16.2. The summed E-state index contributed by atoms with van der Waals surface area (Å²) in [5, 5.41) is 14.6. The summed E-state index contributed by atoms with van der Waals surface area (Å²) in [4.78, 5) is 16.5. The maximum Gasteiger partial charge on any atom is 0.230 e. The molecule has 0 saturated heterocycles. The van der Waals surface area contributed by atoms with Gasteiger partial charge < -0.3 is 9.88 Å². The first-order chi connectivity index (χ1) is 14.1. The first-order valence-electron chi connectivity index (χ1n) is 9.33. The Morgan fingerprint density at radius 1 is 1.07 bits per heavy atom. The van der Waals surface area contributed by atoms with Crippen LogP contribution in [0.1, 0.15) is 18.5 Å². The maximum atomic E-state index is 12.5. The van der Waals surface area contributed by atoms with E-state index in [1.54, 1.807) is 12.4 Å². The molecule has 1 atom stereocenters. The average Bonchev–Trinajstić information content (AvgIpc) is 3.12. The Bertz CT molecular complexity index is 1140. The van der Waals surface area contributed by atoms with E-state index >= 15 is 0 Å². The number of pyridine rings is 1. The summed E-state index contributed by atoms with van der Waals surface area (Å²) in [7, 11) is 1.90. The topological polar surface area (TPSA) is 72.7 Å². The van der Waals surface area contributed by atoms with E-state index in [-0.39, 0.29) is 17.7 Å². The zero-order valence-corrected chi connectivity index (χ0v) is 17.1. The summed E-state index contributed by atoms with van der Waals surface area (Å²) in [5.41, 5.74) is 2.05. The summed E-state index contributed by atoms with van der Waals surface area (Å²) in [5.74, 6) is 0.987. The van der Waals surface area contributed by atoms with Crippen LogP contribution in [0.25, 0.3) is 22.2 Å². The van der Waals surface area contributed by atoms with Crippen LogP contribution in [0, 0.1) is 0 Å². The van der Waals surface area contributed by atoms with E-state index in [1.807, 2.05) is 48.9 Å². The van der Waals surface area contributed by atoms with Crippen LogP contribution in [-0.4, -0.2) is 31.4 Å². The molecule has 0 fully saturated rings. The Morgan fingerprint density at radius 3 is 2.66 bits per heavy atom. The second kappa shape index (κ2) is 8.45. The highest BCUT2D eigenvalue weighted by Crippen LogP contribution is 2.25. The van der Waals surface area contributed by atoms with E-state index < -0.39 is 0 Å². The molecular formula is C22H21N5OS. The van der Waals surface area contributed by atoms with Gasteiger partial charge in [0.15, 0.2) is 11.0 Å². The molecule has 4 aromatic rings. The second-order valence-corrected chi connectivity index (χ2v) is 7.69. The Balaban J connectivity index is 1.41. The lowest BCUT2D eigenvalue weighted by Gasteiger charge is -2.16. The van der Waals surface area contributed by atoms with Crippen molar-refractivity contribution in [2.24, 2.45) is 7.05 Å². The molecule has 0 aliphatic heterocycles. The van der Waals surface area contributed by atoms with Gasteiger partial charge in [0.1, 0.15) is 0 Å². The first-order valence-corrected chi connectivity index (χ1v) is 10.3. The highest BCUT2D eigenvalue weighted by Gasteiger charge is 2.15. The number of amides is 1. The number of carbonyl (C=O) groups is 1. The molecule has 4 rings (SSSR count). The van der Waals surface area contributed by atoms with Gasteiger partial charge in [-0.1, -0.05) is 54.2 Å². The van der Waals surface area contributed by atoms with Gasteiger partial charge >= 0.3 is 0 Å². The van der Waals surface area contributed by atoms with Gasteiger partial charge in [-0.15, -0.1) is 10.2 Å². The van der Waals surface area contributed by atoms with Crippen molar-refractivity contribution in [1.82, 2.24) is 25.1 Å². The Labute approximate surface area is 173 Å². The Hall–Kier alpha value is -3.19. The Kier molecular flexibility index (Phi) is 5.57. The van der Waals surface area contributed by atoms with Gasteiger partial charge in [0.25, 0.3) is 0 Å². The van der Waals surface area contributed by atoms with Crippen molar-refractivity contribution < 1.29 is 4.79 Å². The quantitative estimate of drug-likeness (QED) is 0.493. The van der Waals surface area contributed by atoms with Crippen molar-refractivity contribution in [1.29, 1.82) is 0 Å².